The Labute approximate surface area is 152 Å². The molecule has 0 saturated heterocycles. The van der Waals surface area contributed by atoms with E-state index in [2.05, 4.69) is 11.7 Å². The molecule has 1 fully saturated rings. The standard InChI is InChI=1S/C19H35NO5/c1-15-7-9-16(10-8-15)20(18(22)25-19(2,3)4)12-6-13-24-14-11-17(21)23-5/h15-16H,6-14H2,1-5H3/t15-,16+. The van der Waals surface area contributed by atoms with Gasteiger partial charge in [0.15, 0.2) is 0 Å². The first-order chi connectivity index (χ1) is 11.7. The molecular weight excluding hydrogens is 322 g/mol. The quantitative estimate of drug-likeness (QED) is 0.489. The molecule has 0 aliphatic heterocycles. The van der Waals surface area contributed by atoms with Crippen LogP contribution in [0.25, 0.3) is 0 Å². The van der Waals surface area contributed by atoms with E-state index in [9.17, 15) is 9.59 Å². The first-order valence-corrected chi connectivity index (χ1v) is 9.37. The summed E-state index contributed by atoms with van der Waals surface area (Å²) in [6.07, 6.45) is 5.12. The highest BCUT2D eigenvalue weighted by Crippen LogP contribution is 2.28. The van der Waals surface area contributed by atoms with E-state index in [1.54, 1.807) is 0 Å². The Kier molecular flexibility index (Phi) is 9.25. The molecule has 6 nitrogen and oxygen atoms in total. The molecular formula is C19H35NO5. The van der Waals surface area contributed by atoms with Crippen LogP contribution >= 0.6 is 0 Å². The molecule has 0 spiro atoms. The molecule has 0 bridgehead atoms. The lowest BCUT2D eigenvalue weighted by Crippen LogP contribution is -2.45. The van der Waals surface area contributed by atoms with E-state index in [0.29, 0.717) is 19.8 Å². The molecule has 0 atom stereocenters. The summed E-state index contributed by atoms with van der Waals surface area (Å²) >= 11 is 0. The average molecular weight is 357 g/mol. The molecule has 1 amide bonds. The van der Waals surface area contributed by atoms with Crippen LogP contribution in [0, 0.1) is 5.92 Å². The zero-order valence-corrected chi connectivity index (χ0v) is 16.5. The Morgan fingerprint density at radius 3 is 2.28 bits per heavy atom. The second-order valence-electron chi connectivity index (χ2n) is 7.88. The lowest BCUT2D eigenvalue weighted by Gasteiger charge is -2.37. The van der Waals surface area contributed by atoms with E-state index in [1.165, 1.54) is 7.11 Å². The van der Waals surface area contributed by atoms with Crippen LogP contribution in [-0.4, -0.2) is 55.5 Å². The SMILES string of the molecule is COC(=O)CCOCCCN(C(=O)OC(C)(C)C)[C@H]1CC[C@@H](C)CC1. The maximum Gasteiger partial charge on any atom is 0.410 e. The van der Waals surface area contributed by atoms with Gasteiger partial charge in [-0.2, -0.15) is 0 Å². The lowest BCUT2D eigenvalue weighted by molar-refractivity contribution is -0.141. The first kappa shape index (κ1) is 21.7. The predicted octanol–water partition coefficient (Wildman–Crippen LogP) is 3.77. The minimum absolute atomic E-state index is 0.235. The number of hydrogen-bond acceptors (Lipinski definition) is 5. The molecule has 0 N–H and O–H groups in total. The normalized spacial score (nSPS) is 20.8. The molecule has 25 heavy (non-hydrogen) atoms. The van der Waals surface area contributed by atoms with Gasteiger partial charge < -0.3 is 19.1 Å². The van der Waals surface area contributed by atoms with Crippen molar-refractivity contribution in [2.24, 2.45) is 5.92 Å². The van der Waals surface area contributed by atoms with Crippen molar-refractivity contribution < 1.29 is 23.8 Å². The number of carbonyl (C=O) groups excluding carboxylic acids is 2. The van der Waals surface area contributed by atoms with E-state index in [4.69, 9.17) is 9.47 Å². The Bertz CT molecular complexity index is 411. The van der Waals surface area contributed by atoms with Crippen molar-refractivity contribution in [3.05, 3.63) is 0 Å². The third-order valence-corrected chi connectivity index (χ3v) is 4.42. The van der Waals surface area contributed by atoms with Gasteiger partial charge in [0.1, 0.15) is 5.60 Å². The number of esters is 1. The fourth-order valence-electron chi connectivity index (χ4n) is 2.99. The molecule has 1 rings (SSSR count). The maximum atomic E-state index is 12.6. The second kappa shape index (κ2) is 10.6. The number of nitrogens with zero attached hydrogens (tertiary/aromatic N) is 1. The molecule has 0 heterocycles. The third kappa shape index (κ3) is 9.10. The van der Waals surface area contributed by atoms with Crippen LogP contribution in [-0.2, 0) is 19.0 Å². The summed E-state index contributed by atoms with van der Waals surface area (Å²) in [5.41, 5.74) is -0.492. The molecule has 0 aromatic heterocycles. The number of carbonyl (C=O) groups is 2. The maximum absolute atomic E-state index is 12.6. The van der Waals surface area contributed by atoms with E-state index in [-0.39, 0.29) is 24.5 Å². The van der Waals surface area contributed by atoms with Crippen molar-refractivity contribution >= 4 is 12.1 Å². The van der Waals surface area contributed by atoms with Crippen LogP contribution in [0.4, 0.5) is 4.79 Å². The number of ether oxygens (including phenoxy) is 3. The van der Waals surface area contributed by atoms with Crippen molar-refractivity contribution in [3.8, 4) is 0 Å². The Balaban J connectivity index is 2.45. The molecule has 6 heteroatoms. The molecule has 146 valence electrons. The van der Waals surface area contributed by atoms with Gasteiger partial charge in [0.25, 0.3) is 0 Å². The second-order valence-corrected chi connectivity index (χ2v) is 7.88. The molecule has 1 saturated carbocycles. The number of rotatable bonds is 8. The summed E-state index contributed by atoms with van der Waals surface area (Å²) in [4.78, 5) is 25.5. The highest BCUT2D eigenvalue weighted by atomic mass is 16.6. The topological polar surface area (TPSA) is 65.1 Å². The van der Waals surface area contributed by atoms with Crippen molar-refractivity contribution in [2.75, 3.05) is 26.9 Å². The van der Waals surface area contributed by atoms with Gasteiger partial charge in [-0.15, -0.1) is 0 Å². The predicted molar refractivity (Wildman–Crippen MR) is 96.4 cm³/mol. The molecule has 0 aromatic rings. The lowest BCUT2D eigenvalue weighted by atomic mass is 9.86. The van der Waals surface area contributed by atoms with Crippen LogP contribution in [0.15, 0.2) is 0 Å². The Hall–Kier alpha value is -1.30. The minimum atomic E-state index is -0.492. The van der Waals surface area contributed by atoms with E-state index < -0.39 is 5.60 Å². The number of hydrogen-bond donors (Lipinski definition) is 0. The molecule has 0 radical (unpaired) electrons. The highest BCUT2D eigenvalue weighted by molar-refractivity contribution is 5.69. The average Bonchev–Trinajstić information content (AvgIpc) is 2.53. The van der Waals surface area contributed by atoms with Crippen molar-refractivity contribution in [1.82, 2.24) is 4.90 Å². The largest absolute Gasteiger partial charge is 0.469 e. The highest BCUT2D eigenvalue weighted by Gasteiger charge is 2.30. The van der Waals surface area contributed by atoms with Gasteiger partial charge >= 0.3 is 12.1 Å². The van der Waals surface area contributed by atoms with Gasteiger partial charge in [0.05, 0.1) is 20.1 Å². The van der Waals surface area contributed by atoms with E-state index in [0.717, 1.165) is 38.0 Å². The van der Waals surface area contributed by atoms with Gasteiger partial charge in [-0.3, -0.25) is 4.79 Å². The van der Waals surface area contributed by atoms with Crippen LogP contribution in [0.3, 0.4) is 0 Å². The van der Waals surface area contributed by atoms with Crippen molar-refractivity contribution in [2.45, 2.75) is 77.9 Å². The van der Waals surface area contributed by atoms with Crippen LogP contribution < -0.4 is 0 Å². The summed E-state index contributed by atoms with van der Waals surface area (Å²) in [6, 6.07) is 0.251. The molecule has 0 unspecified atom stereocenters. The smallest absolute Gasteiger partial charge is 0.410 e. The summed E-state index contributed by atoms with van der Waals surface area (Å²) in [5.74, 6) is 0.463. The van der Waals surface area contributed by atoms with E-state index >= 15 is 0 Å². The van der Waals surface area contributed by atoms with Gasteiger partial charge in [-0.05, 0) is 58.8 Å². The Morgan fingerprint density at radius 1 is 1.08 bits per heavy atom. The van der Waals surface area contributed by atoms with Crippen LogP contribution in [0.1, 0.15) is 66.2 Å². The minimum Gasteiger partial charge on any atom is -0.469 e. The summed E-state index contributed by atoms with van der Waals surface area (Å²) in [6.45, 7) is 9.42. The zero-order valence-electron chi connectivity index (χ0n) is 16.5. The van der Waals surface area contributed by atoms with E-state index in [1.807, 2.05) is 25.7 Å². The fourth-order valence-corrected chi connectivity index (χ4v) is 2.99. The Morgan fingerprint density at radius 2 is 1.72 bits per heavy atom. The van der Waals surface area contributed by atoms with Crippen molar-refractivity contribution in [1.29, 1.82) is 0 Å². The van der Waals surface area contributed by atoms with Crippen LogP contribution in [0.2, 0.25) is 0 Å². The first-order valence-electron chi connectivity index (χ1n) is 9.37. The van der Waals surface area contributed by atoms with Gasteiger partial charge in [0, 0.05) is 19.2 Å². The van der Waals surface area contributed by atoms with Crippen molar-refractivity contribution in [3.63, 3.8) is 0 Å². The fraction of sp³-hybridized carbons (Fsp3) is 0.895. The monoisotopic (exact) mass is 357 g/mol. The zero-order chi connectivity index (χ0) is 18.9. The van der Waals surface area contributed by atoms with Gasteiger partial charge in [-0.25, -0.2) is 4.79 Å². The summed E-state index contributed by atoms with van der Waals surface area (Å²) in [7, 11) is 1.37. The third-order valence-electron chi connectivity index (χ3n) is 4.42. The molecule has 1 aliphatic rings. The number of methoxy groups -OCH3 is 1. The van der Waals surface area contributed by atoms with Crippen LogP contribution in [0.5, 0.6) is 0 Å². The summed E-state index contributed by atoms with van der Waals surface area (Å²) in [5, 5.41) is 0. The van der Waals surface area contributed by atoms with Gasteiger partial charge in [-0.1, -0.05) is 6.92 Å². The molecule has 1 aliphatic carbocycles. The summed E-state index contributed by atoms with van der Waals surface area (Å²) < 4.78 is 15.6. The molecule has 0 aromatic carbocycles. The van der Waals surface area contributed by atoms with Gasteiger partial charge in [0.2, 0.25) is 0 Å². The number of amides is 1.